The molecule has 0 amide bonds. The normalized spacial score (nSPS) is 38.1. The van der Waals surface area contributed by atoms with Crippen molar-refractivity contribution in [2.24, 2.45) is 0 Å². The highest BCUT2D eigenvalue weighted by atomic mass is 15.3. The molecule has 94 valence electrons. The molecule has 0 radical (unpaired) electrons. The van der Waals surface area contributed by atoms with Gasteiger partial charge >= 0.3 is 0 Å². The lowest BCUT2D eigenvalue weighted by Gasteiger charge is -2.38. The Balaban J connectivity index is 1.74. The Hall–Kier alpha value is -0.120. The zero-order chi connectivity index (χ0) is 11.5. The summed E-state index contributed by atoms with van der Waals surface area (Å²) in [6.45, 7) is 9.60. The Morgan fingerprint density at radius 3 is 2.56 bits per heavy atom. The van der Waals surface area contributed by atoms with Gasteiger partial charge in [0.1, 0.15) is 0 Å². The van der Waals surface area contributed by atoms with Crippen LogP contribution in [-0.2, 0) is 0 Å². The van der Waals surface area contributed by atoms with Crippen molar-refractivity contribution in [1.29, 1.82) is 0 Å². The van der Waals surface area contributed by atoms with Crippen molar-refractivity contribution in [3.8, 4) is 0 Å². The zero-order valence-electron chi connectivity index (χ0n) is 11.1. The van der Waals surface area contributed by atoms with Gasteiger partial charge in [-0.15, -0.1) is 0 Å². The first-order valence-corrected chi connectivity index (χ1v) is 6.87. The number of likely N-dealkylation sites (N-methyl/N-ethyl adjacent to an activating group) is 1. The minimum Gasteiger partial charge on any atom is -0.310 e. The van der Waals surface area contributed by atoms with Gasteiger partial charge in [0.05, 0.1) is 0 Å². The van der Waals surface area contributed by atoms with Gasteiger partial charge in [0.15, 0.2) is 0 Å². The molecule has 1 N–H and O–H groups in total. The smallest absolute Gasteiger partial charge is 0.0198 e. The molecule has 2 rings (SSSR count). The molecule has 3 nitrogen and oxygen atoms in total. The number of nitrogens with zero attached hydrogens (tertiary/aromatic N) is 2. The van der Waals surface area contributed by atoms with E-state index in [-0.39, 0.29) is 0 Å². The summed E-state index contributed by atoms with van der Waals surface area (Å²) in [5.74, 6) is 0. The van der Waals surface area contributed by atoms with E-state index in [1.807, 2.05) is 0 Å². The lowest BCUT2D eigenvalue weighted by atomic mass is 10.1. The SMILES string of the molecule is CC[C@H]1CC[C@@H](CN2CCN(C)[C@H](C)C2)N1. The monoisotopic (exact) mass is 225 g/mol. The molecular weight excluding hydrogens is 198 g/mol. The van der Waals surface area contributed by atoms with Crippen molar-refractivity contribution in [1.82, 2.24) is 15.1 Å². The molecule has 2 aliphatic rings. The van der Waals surface area contributed by atoms with E-state index in [2.05, 4.69) is 36.0 Å². The number of rotatable bonds is 3. The minimum atomic E-state index is 0.720. The van der Waals surface area contributed by atoms with Crippen molar-refractivity contribution in [3.05, 3.63) is 0 Å². The van der Waals surface area contributed by atoms with Crippen molar-refractivity contribution < 1.29 is 0 Å². The van der Waals surface area contributed by atoms with Crippen LogP contribution in [0.25, 0.3) is 0 Å². The molecule has 2 fully saturated rings. The lowest BCUT2D eigenvalue weighted by molar-refractivity contribution is 0.0983. The van der Waals surface area contributed by atoms with Crippen LogP contribution in [0.3, 0.4) is 0 Å². The van der Waals surface area contributed by atoms with E-state index in [0.717, 1.165) is 18.1 Å². The minimum absolute atomic E-state index is 0.720. The molecular formula is C13H27N3. The van der Waals surface area contributed by atoms with Crippen molar-refractivity contribution in [2.45, 2.75) is 51.2 Å². The fraction of sp³-hybridized carbons (Fsp3) is 1.00. The summed E-state index contributed by atoms with van der Waals surface area (Å²) >= 11 is 0. The lowest BCUT2D eigenvalue weighted by Crippen LogP contribution is -2.52. The molecule has 0 spiro atoms. The van der Waals surface area contributed by atoms with Gasteiger partial charge in [0.2, 0.25) is 0 Å². The van der Waals surface area contributed by atoms with Crippen molar-refractivity contribution >= 4 is 0 Å². The number of piperazine rings is 1. The van der Waals surface area contributed by atoms with Gasteiger partial charge in [-0.1, -0.05) is 6.92 Å². The van der Waals surface area contributed by atoms with Gasteiger partial charge in [-0.2, -0.15) is 0 Å². The highest BCUT2D eigenvalue weighted by molar-refractivity contribution is 4.87. The Morgan fingerprint density at radius 2 is 1.94 bits per heavy atom. The summed E-state index contributed by atoms with van der Waals surface area (Å²) in [6, 6.07) is 2.26. The molecule has 0 saturated carbocycles. The van der Waals surface area contributed by atoms with Gasteiger partial charge in [-0.3, -0.25) is 4.90 Å². The Kier molecular flexibility index (Phi) is 4.22. The average molecular weight is 225 g/mol. The fourth-order valence-electron chi connectivity index (χ4n) is 2.97. The van der Waals surface area contributed by atoms with Crippen LogP contribution in [0.2, 0.25) is 0 Å². The van der Waals surface area contributed by atoms with Crippen LogP contribution in [-0.4, -0.2) is 61.2 Å². The molecule has 0 bridgehead atoms. The third kappa shape index (κ3) is 2.96. The molecule has 0 unspecified atom stereocenters. The van der Waals surface area contributed by atoms with E-state index in [1.54, 1.807) is 0 Å². The van der Waals surface area contributed by atoms with E-state index in [9.17, 15) is 0 Å². The molecule has 2 saturated heterocycles. The van der Waals surface area contributed by atoms with Crippen LogP contribution in [0, 0.1) is 0 Å². The van der Waals surface area contributed by atoms with Crippen LogP contribution in [0.1, 0.15) is 33.1 Å². The molecule has 2 heterocycles. The van der Waals surface area contributed by atoms with E-state index in [0.29, 0.717) is 0 Å². The van der Waals surface area contributed by atoms with E-state index < -0.39 is 0 Å². The van der Waals surface area contributed by atoms with Crippen LogP contribution in [0.5, 0.6) is 0 Å². The maximum atomic E-state index is 3.76. The van der Waals surface area contributed by atoms with Gasteiger partial charge < -0.3 is 10.2 Å². The maximum absolute atomic E-state index is 3.76. The highest BCUT2D eigenvalue weighted by Gasteiger charge is 2.27. The number of hydrogen-bond donors (Lipinski definition) is 1. The standard InChI is InChI=1S/C13H27N3/c1-4-12-5-6-13(14-12)10-16-8-7-15(3)11(2)9-16/h11-14H,4-10H2,1-3H3/t11-,12+,13+/m1/s1. The topological polar surface area (TPSA) is 18.5 Å². The zero-order valence-corrected chi connectivity index (χ0v) is 11.1. The number of hydrogen-bond acceptors (Lipinski definition) is 3. The fourth-order valence-corrected chi connectivity index (χ4v) is 2.97. The van der Waals surface area contributed by atoms with Gasteiger partial charge in [-0.25, -0.2) is 0 Å². The third-order valence-electron chi connectivity index (χ3n) is 4.35. The second kappa shape index (κ2) is 5.48. The quantitative estimate of drug-likeness (QED) is 0.777. The first-order valence-electron chi connectivity index (χ1n) is 6.87. The number of nitrogens with one attached hydrogen (secondary N) is 1. The highest BCUT2D eigenvalue weighted by Crippen LogP contribution is 2.17. The largest absolute Gasteiger partial charge is 0.310 e. The van der Waals surface area contributed by atoms with Crippen LogP contribution < -0.4 is 5.32 Å². The van der Waals surface area contributed by atoms with Gasteiger partial charge in [0.25, 0.3) is 0 Å². The van der Waals surface area contributed by atoms with Gasteiger partial charge in [-0.05, 0) is 33.2 Å². The second-order valence-corrected chi connectivity index (χ2v) is 5.64. The maximum Gasteiger partial charge on any atom is 0.0198 e. The van der Waals surface area contributed by atoms with E-state index in [1.165, 1.54) is 45.4 Å². The predicted molar refractivity (Wildman–Crippen MR) is 68.8 cm³/mol. The molecule has 0 aliphatic carbocycles. The summed E-state index contributed by atoms with van der Waals surface area (Å²) in [5, 5.41) is 3.76. The summed E-state index contributed by atoms with van der Waals surface area (Å²) in [7, 11) is 2.24. The first-order chi connectivity index (χ1) is 7.69. The van der Waals surface area contributed by atoms with E-state index >= 15 is 0 Å². The van der Waals surface area contributed by atoms with Crippen LogP contribution in [0.15, 0.2) is 0 Å². The predicted octanol–water partition coefficient (Wildman–Crippen LogP) is 1.15. The summed E-state index contributed by atoms with van der Waals surface area (Å²) in [4.78, 5) is 5.10. The Bertz CT molecular complexity index is 219. The summed E-state index contributed by atoms with van der Waals surface area (Å²) in [5.41, 5.74) is 0. The molecule has 0 aromatic rings. The molecule has 2 aliphatic heterocycles. The van der Waals surface area contributed by atoms with Crippen molar-refractivity contribution in [3.63, 3.8) is 0 Å². The Morgan fingerprint density at radius 1 is 1.19 bits per heavy atom. The van der Waals surface area contributed by atoms with Crippen molar-refractivity contribution in [2.75, 3.05) is 33.2 Å². The third-order valence-corrected chi connectivity index (χ3v) is 4.35. The second-order valence-electron chi connectivity index (χ2n) is 5.64. The summed E-state index contributed by atoms with van der Waals surface area (Å²) in [6.07, 6.45) is 4.04. The Labute approximate surface area is 100 Å². The average Bonchev–Trinajstić information content (AvgIpc) is 2.71. The first kappa shape index (κ1) is 12.3. The van der Waals surface area contributed by atoms with E-state index in [4.69, 9.17) is 0 Å². The molecule has 0 aromatic carbocycles. The molecule has 3 heteroatoms. The van der Waals surface area contributed by atoms with Crippen LogP contribution in [0.4, 0.5) is 0 Å². The molecule has 0 aromatic heterocycles. The van der Waals surface area contributed by atoms with Gasteiger partial charge in [0, 0.05) is 44.3 Å². The van der Waals surface area contributed by atoms with Crippen LogP contribution >= 0.6 is 0 Å². The summed E-state index contributed by atoms with van der Waals surface area (Å²) < 4.78 is 0. The molecule has 16 heavy (non-hydrogen) atoms. The molecule has 3 atom stereocenters.